The van der Waals surface area contributed by atoms with E-state index >= 15 is 0 Å². The Bertz CT molecular complexity index is 1070. The quantitative estimate of drug-likeness (QED) is 0.572. The van der Waals surface area contributed by atoms with Gasteiger partial charge in [0.1, 0.15) is 18.7 Å². The normalized spacial score (nSPS) is 12.2. The van der Waals surface area contributed by atoms with Crippen molar-refractivity contribution in [2.45, 2.75) is 59.1 Å². The number of rotatable bonds is 5. The third-order valence-electron chi connectivity index (χ3n) is 4.80. The van der Waals surface area contributed by atoms with Crippen molar-refractivity contribution in [3.63, 3.8) is 0 Å². The molecular weight excluding hydrogens is 407 g/mol. The van der Waals surface area contributed by atoms with Crippen LogP contribution in [-0.4, -0.2) is 16.3 Å². The summed E-state index contributed by atoms with van der Waals surface area (Å²) in [5.41, 5.74) is 0.782. The number of benzene rings is 2. The summed E-state index contributed by atoms with van der Waals surface area (Å²) in [6, 6.07) is 13.4. The fraction of sp³-hybridized carbons (Fsp3) is 0.391. The van der Waals surface area contributed by atoms with Crippen molar-refractivity contribution in [1.82, 2.24) is 9.88 Å². The average Bonchev–Trinajstić information content (AvgIpc) is 2.97. The second-order valence-electron chi connectivity index (χ2n) is 8.29. The van der Waals surface area contributed by atoms with Crippen LogP contribution in [0.3, 0.4) is 0 Å². The number of aromatic nitrogens is 2. The summed E-state index contributed by atoms with van der Waals surface area (Å²) in [5, 5.41) is 2.74. The molecule has 0 radical (unpaired) electrons. The van der Waals surface area contributed by atoms with E-state index in [1.54, 1.807) is 25.3 Å². The molecule has 0 atom stereocenters. The first-order chi connectivity index (χ1) is 14.5. The van der Waals surface area contributed by atoms with Gasteiger partial charge in [-0.1, -0.05) is 30.3 Å². The smallest absolute Gasteiger partial charge is 0.416 e. The second kappa shape index (κ2) is 8.61. The number of hydrogen-bond acceptors (Lipinski definition) is 2. The number of fused-ring (bicyclic) bond motifs is 1. The molecule has 0 saturated heterocycles. The summed E-state index contributed by atoms with van der Waals surface area (Å²) in [6.07, 6.45) is -5.02. The SMILES string of the molecule is CCn1c(CNC(=O)OC(C)(C)C)[n+](Cc2ccccc2)c2ccc(C(F)(F)F)cc21. The lowest BCUT2D eigenvalue weighted by atomic mass is 10.2. The van der Waals surface area contributed by atoms with Gasteiger partial charge in [-0.3, -0.25) is 0 Å². The molecule has 1 amide bonds. The van der Waals surface area contributed by atoms with Crippen molar-refractivity contribution >= 4 is 17.1 Å². The molecule has 1 N–H and O–H groups in total. The lowest BCUT2D eigenvalue weighted by molar-refractivity contribution is -0.671. The van der Waals surface area contributed by atoms with E-state index in [9.17, 15) is 18.0 Å². The lowest BCUT2D eigenvalue weighted by Gasteiger charge is -2.19. The zero-order chi connectivity index (χ0) is 22.8. The number of alkyl halides is 3. The van der Waals surface area contributed by atoms with Crippen LogP contribution < -0.4 is 9.88 Å². The maximum atomic E-state index is 13.3. The Hall–Kier alpha value is -3.03. The molecule has 0 saturated carbocycles. The van der Waals surface area contributed by atoms with Gasteiger partial charge >= 0.3 is 12.3 Å². The van der Waals surface area contributed by atoms with E-state index in [2.05, 4.69) is 5.32 Å². The van der Waals surface area contributed by atoms with Crippen LogP contribution in [0.4, 0.5) is 18.0 Å². The molecule has 0 fully saturated rings. The van der Waals surface area contributed by atoms with Gasteiger partial charge in [0.15, 0.2) is 11.0 Å². The number of amides is 1. The Morgan fingerprint density at radius 1 is 1.10 bits per heavy atom. The summed E-state index contributed by atoms with van der Waals surface area (Å²) in [7, 11) is 0. The first kappa shape index (κ1) is 22.7. The zero-order valence-electron chi connectivity index (χ0n) is 18.1. The predicted molar refractivity (Wildman–Crippen MR) is 111 cm³/mol. The van der Waals surface area contributed by atoms with E-state index < -0.39 is 23.4 Å². The van der Waals surface area contributed by atoms with Gasteiger partial charge in [0.05, 0.1) is 12.1 Å². The van der Waals surface area contributed by atoms with Crippen molar-refractivity contribution in [2.75, 3.05) is 0 Å². The molecule has 0 aliphatic rings. The third-order valence-corrected chi connectivity index (χ3v) is 4.80. The molecule has 0 aliphatic heterocycles. The summed E-state index contributed by atoms with van der Waals surface area (Å²) in [5.74, 6) is 0.687. The maximum Gasteiger partial charge on any atom is 0.416 e. The van der Waals surface area contributed by atoms with Crippen LogP contribution in [0.5, 0.6) is 0 Å². The van der Waals surface area contributed by atoms with E-state index in [1.165, 1.54) is 6.07 Å². The van der Waals surface area contributed by atoms with Gasteiger partial charge in [0.25, 0.3) is 5.82 Å². The fourth-order valence-corrected chi connectivity index (χ4v) is 3.52. The van der Waals surface area contributed by atoms with Crippen molar-refractivity contribution in [3.05, 3.63) is 65.5 Å². The minimum Gasteiger partial charge on any atom is -0.444 e. The highest BCUT2D eigenvalue weighted by atomic mass is 19.4. The van der Waals surface area contributed by atoms with Crippen LogP contribution in [0.2, 0.25) is 0 Å². The minimum absolute atomic E-state index is 0.117. The fourth-order valence-electron chi connectivity index (χ4n) is 3.52. The minimum atomic E-state index is -4.43. The summed E-state index contributed by atoms with van der Waals surface area (Å²) in [4.78, 5) is 12.2. The van der Waals surface area contributed by atoms with Crippen LogP contribution in [0.1, 0.15) is 44.6 Å². The summed E-state index contributed by atoms with van der Waals surface area (Å²) in [6.45, 7) is 8.19. The maximum absolute atomic E-state index is 13.3. The molecule has 0 bridgehead atoms. The van der Waals surface area contributed by atoms with Gasteiger partial charge in [0, 0.05) is 6.07 Å². The van der Waals surface area contributed by atoms with Gasteiger partial charge in [0.2, 0.25) is 0 Å². The number of nitrogens with one attached hydrogen (secondary N) is 1. The van der Waals surface area contributed by atoms with Crippen molar-refractivity contribution in [1.29, 1.82) is 0 Å². The highest BCUT2D eigenvalue weighted by Gasteiger charge is 2.33. The lowest BCUT2D eigenvalue weighted by Crippen LogP contribution is -2.42. The molecule has 3 aromatic rings. The van der Waals surface area contributed by atoms with Gasteiger partial charge < -0.3 is 10.1 Å². The van der Waals surface area contributed by atoms with E-state index in [1.807, 2.05) is 41.8 Å². The number of hydrogen-bond donors (Lipinski definition) is 1. The van der Waals surface area contributed by atoms with E-state index in [0.29, 0.717) is 29.9 Å². The highest BCUT2D eigenvalue weighted by Crippen LogP contribution is 2.31. The molecule has 31 heavy (non-hydrogen) atoms. The molecule has 1 aromatic heterocycles. The highest BCUT2D eigenvalue weighted by molar-refractivity contribution is 5.74. The second-order valence-corrected chi connectivity index (χ2v) is 8.29. The molecule has 8 heteroatoms. The number of halogens is 3. The van der Waals surface area contributed by atoms with Crippen LogP contribution in [0, 0.1) is 0 Å². The van der Waals surface area contributed by atoms with Gasteiger partial charge in [-0.15, -0.1) is 0 Å². The van der Waals surface area contributed by atoms with E-state index in [4.69, 9.17) is 4.74 Å². The first-order valence-electron chi connectivity index (χ1n) is 10.1. The predicted octanol–water partition coefficient (Wildman–Crippen LogP) is 5.04. The Kier molecular flexibility index (Phi) is 6.29. The largest absolute Gasteiger partial charge is 0.444 e. The van der Waals surface area contributed by atoms with Gasteiger partial charge in [-0.2, -0.15) is 13.2 Å². The molecule has 0 aliphatic carbocycles. The third kappa shape index (κ3) is 5.37. The molecular formula is C23H27F3N3O2+. The molecule has 166 valence electrons. The summed E-state index contributed by atoms with van der Waals surface area (Å²) >= 11 is 0. The average molecular weight is 434 g/mol. The molecule has 0 spiro atoms. The number of aryl methyl sites for hydroxylation is 1. The molecule has 3 rings (SSSR count). The number of ether oxygens (including phenoxy) is 1. The van der Waals surface area contributed by atoms with Crippen LogP contribution >= 0.6 is 0 Å². The molecule has 1 heterocycles. The monoisotopic (exact) mass is 434 g/mol. The topological polar surface area (TPSA) is 47.1 Å². The van der Waals surface area contributed by atoms with Crippen molar-refractivity contribution < 1.29 is 27.3 Å². The Labute approximate surface area is 179 Å². The number of carbonyl (C=O) groups is 1. The van der Waals surface area contributed by atoms with Crippen LogP contribution in [-0.2, 0) is 30.5 Å². The van der Waals surface area contributed by atoms with Crippen molar-refractivity contribution in [3.8, 4) is 0 Å². The number of nitrogens with zero attached hydrogens (tertiary/aromatic N) is 2. The van der Waals surface area contributed by atoms with Crippen molar-refractivity contribution in [2.24, 2.45) is 0 Å². The Morgan fingerprint density at radius 2 is 1.77 bits per heavy atom. The van der Waals surface area contributed by atoms with Crippen LogP contribution in [0.15, 0.2) is 48.5 Å². The number of carbonyl (C=O) groups excluding carboxylic acids is 1. The summed E-state index contributed by atoms with van der Waals surface area (Å²) < 4.78 is 49.0. The molecule has 2 aromatic carbocycles. The molecule has 5 nitrogen and oxygen atoms in total. The van der Waals surface area contributed by atoms with E-state index in [0.717, 1.165) is 17.7 Å². The van der Waals surface area contributed by atoms with Gasteiger partial charge in [-0.25, -0.2) is 13.9 Å². The standard InChI is InChI=1S/C23H26F3N3O2/c1-5-28-19-13-17(23(24,25)26)11-12-18(19)29(15-16-9-7-6-8-10-16)20(28)14-27-21(30)31-22(2,3)4/h6-13H,5,14-15H2,1-4H3/p+1. The zero-order valence-corrected chi connectivity index (χ0v) is 18.1. The number of imidazole rings is 1. The molecule has 0 unspecified atom stereocenters. The Balaban J connectivity index is 2.08. The Morgan fingerprint density at radius 3 is 2.35 bits per heavy atom. The number of alkyl carbamates (subject to hydrolysis) is 1. The van der Waals surface area contributed by atoms with Crippen LogP contribution in [0.25, 0.3) is 11.0 Å². The first-order valence-corrected chi connectivity index (χ1v) is 10.1. The van der Waals surface area contributed by atoms with E-state index in [-0.39, 0.29) is 6.54 Å². The van der Waals surface area contributed by atoms with Gasteiger partial charge in [-0.05, 0) is 45.4 Å².